The van der Waals surface area contributed by atoms with E-state index in [0.29, 0.717) is 11.3 Å². The van der Waals surface area contributed by atoms with Crippen molar-refractivity contribution >= 4 is 11.6 Å². The Kier molecular flexibility index (Phi) is 6.37. The maximum Gasteiger partial charge on any atom is 0.416 e. The number of hydrogen-bond donors (Lipinski definition) is 1. The van der Waals surface area contributed by atoms with Crippen molar-refractivity contribution in [3.63, 3.8) is 0 Å². The van der Waals surface area contributed by atoms with Crippen molar-refractivity contribution in [1.82, 2.24) is 15.1 Å². The number of nitro groups is 1. The number of halogens is 3. The summed E-state index contributed by atoms with van der Waals surface area (Å²) in [6.45, 7) is 1.57. The van der Waals surface area contributed by atoms with Gasteiger partial charge in [-0.2, -0.15) is 18.3 Å². The summed E-state index contributed by atoms with van der Waals surface area (Å²) in [5.41, 5.74) is -1.19. The van der Waals surface area contributed by atoms with Gasteiger partial charge < -0.3 is 5.32 Å². The van der Waals surface area contributed by atoms with Gasteiger partial charge in [-0.15, -0.1) is 0 Å². The normalized spacial score (nSPS) is 11.2. The highest BCUT2D eigenvalue weighted by molar-refractivity contribution is 5.92. The van der Waals surface area contributed by atoms with E-state index in [-0.39, 0.29) is 24.3 Å². The number of alkyl halides is 3. The van der Waals surface area contributed by atoms with Gasteiger partial charge in [-0.05, 0) is 37.1 Å². The second-order valence-corrected chi connectivity index (χ2v) is 6.86. The molecule has 0 radical (unpaired) electrons. The SMILES string of the molecule is Cc1cc(=O)c(C(=O)NCCc2ccc(C(F)(F)F)cc2)nn1-c1ccccc1[N+](=O)[O-]. The maximum atomic E-state index is 12.6. The number of amides is 1. The number of nitro benzene ring substituents is 1. The van der Waals surface area contributed by atoms with E-state index < -0.39 is 33.7 Å². The van der Waals surface area contributed by atoms with Crippen LogP contribution in [0.3, 0.4) is 0 Å². The summed E-state index contributed by atoms with van der Waals surface area (Å²) in [6.07, 6.45) is -4.20. The molecular formula is C21H17F3N4O4. The van der Waals surface area contributed by atoms with Crippen molar-refractivity contribution in [3.05, 3.63) is 97.4 Å². The topological polar surface area (TPSA) is 107 Å². The van der Waals surface area contributed by atoms with Crippen molar-refractivity contribution in [2.24, 2.45) is 0 Å². The number of aromatic nitrogens is 2. The predicted molar refractivity (Wildman–Crippen MR) is 109 cm³/mol. The molecule has 2 aromatic carbocycles. The average molecular weight is 446 g/mol. The lowest BCUT2D eigenvalue weighted by molar-refractivity contribution is -0.384. The standard InChI is InChI=1S/C21H17F3N4O4/c1-13-12-18(29)19(26-27(13)16-4-2-3-5-17(16)28(31)32)20(30)25-11-10-14-6-8-15(9-7-14)21(22,23)24/h2-9,12H,10-11H2,1H3,(H,25,30). The molecule has 8 nitrogen and oxygen atoms in total. The number of carbonyl (C=O) groups excluding carboxylic acids is 1. The number of para-hydroxylation sites is 2. The number of nitrogens with one attached hydrogen (secondary N) is 1. The van der Waals surface area contributed by atoms with Crippen molar-refractivity contribution in [2.75, 3.05) is 6.54 Å². The number of nitrogens with zero attached hydrogens (tertiary/aromatic N) is 3. The molecule has 1 aromatic heterocycles. The first-order valence-electron chi connectivity index (χ1n) is 9.37. The molecule has 1 N–H and O–H groups in total. The lowest BCUT2D eigenvalue weighted by Gasteiger charge is -2.12. The fourth-order valence-corrected chi connectivity index (χ4v) is 3.01. The summed E-state index contributed by atoms with van der Waals surface area (Å²) >= 11 is 0. The smallest absolute Gasteiger partial charge is 0.350 e. The predicted octanol–water partition coefficient (Wildman–Crippen LogP) is 3.44. The van der Waals surface area contributed by atoms with Crippen molar-refractivity contribution in [1.29, 1.82) is 0 Å². The Morgan fingerprint density at radius 2 is 1.81 bits per heavy atom. The monoisotopic (exact) mass is 446 g/mol. The molecule has 0 saturated carbocycles. The molecule has 0 spiro atoms. The van der Waals surface area contributed by atoms with Gasteiger partial charge in [-0.3, -0.25) is 19.7 Å². The van der Waals surface area contributed by atoms with Crippen LogP contribution in [0.2, 0.25) is 0 Å². The molecule has 166 valence electrons. The quantitative estimate of drug-likeness (QED) is 0.461. The Morgan fingerprint density at radius 3 is 2.44 bits per heavy atom. The molecule has 0 saturated heterocycles. The van der Waals surface area contributed by atoms with Crippen LogP contribution < -0.4 is 10.7 Å². The zero-order valence-electron chi connectivity index (χ0n) is 16.7. The highest BCUT2D eigenvalue weighted by Gasteiger charge is 2.29. The van der Waals surface area contributed by atoms with Crippen LogP contribution in [0.1, 0.15) is 27.3 Å². The molecule has 0 aliphatic heterocycles. The second-order valence-electron chi connectivity index (χ2n) is 6.86. The lowest BCUT2D eigenvalue weighted by Crippen LogP contribution is -2.33. The number of carbonyl (C=O) groups is 1. The van der Waals surface area contributed by atoms with E-state index >= 15 is 0 Å². The van der Waals surface area contributed by atoms with Gasteiger partial charge in [0.2, 0.25) is 5.43 Å². The van der Waals surface area contributed by atoms with Crippen LogP contribution in [0, 0.1) is 17.0 Å². The Balaban J connectivity index is 1.77. The third kappa shape index (κ3) is 4.99. The Hall–Kier alpha value is -4.02. The first kappa shape index (κ1) is 22.7. The van der Waals surface area contributed by atoms with E-state index in [4.69, 9.17) is 0 Å². The molecule has 3 aromatic rings. The summed E-state index contributed by atoms with van der Waals surface area (Å²) in [4.78, 5) is 35.5. The van der Waals surface area contributed by atoms with E-state index in [0.717, 1.165) is 22.9 Å². The van der Waals surface area contributed by atoms with E-state index in [1.807, 2.05) is 0 Å². The number of rotatable bonds is 6. The molecule has 0 unspecified atom stereocenters. The van der Waals surface area contributed by atoms with E-state index in [1.54, 1.807) is 6.07 Å². The third-order valence-corrected chi connectivity index (χ3v) is 4.61. The number of benzene rings is 2. The van der Waals surface area contributed by atoms with Crippen LogP contribution in [0.15, 0.2) is 59.4 Å². The van der Waals surface area contributed by atoms with E-state index in [2.05, 4.69) is 10.4 Å². The van der Waals surface area contributed by atoms with Crippen molar-refractivity contribution in [2.45, 2.75) is 19.5 Å². The molecule has 32 heavy (non-hydrogen) atoms. The third-order valence-electron chi connectivity index (χ3n) is 4.61. The summed E-state index contributed by atoms with van der Waals surface area (Å²) in [7, 11) is 0. The summed E-state index contributed by atoms with van der Waals surface area (Å²) in [5.74, 6) is -0.797. The van der Waals surface area contributed by atoms with Gasteiger partial charge in [0.05, 0.1) is 10.5 Å². The minimum atomic E-state index is -4.43. The molecule has 3 rings (SSSR count). The van der Waals surface area contributed by atoms with E-state index in [1.165, 1.54) is 37.3 Å². The molecule has 0 bridgehead atoms. The number of hydrogen-bond acceptors (Lipinski definition) is 5. The van der Waals surface area contributed by atoms with Gasteiger partial charge in [0.15, 0.2) is 5.69 Å². The Bertz CT molecular complexity index is 1220. The summed E-state index contributed by atoms with van der Waals surface area (Å²) in [6, 6.07) is 11.4. The summed E-state index contributed by atoms with van der Waals surface area (Å²) in [5, 5.41) is 17.8. The van der Waals surface area contributed by atoms with Crippen molar-refractivity contribution < 1.29 is 22.9 Å². The minimum absolute atomic E-state index is 0.0463. The van der Waals surface area contributed by atoms with Crippen LogP contribution in [0.5, 0.6) is 0 Å². The van der Waals surface area contributed by atoms with Gasteiger partial charge in [0.25, 0.3) is 11.6 Å². The minimum Gasteiger partial charge on any atom is -0.350 e. The van der Waals surface area contributed by atoms with Gasteiger partial charge >= 0.3 is 6.18 Å². The van der Waals surface area contributed by atoms with Crippen LogP contribution in [-0.2, 0) is 12.6 Å². The molecule has 1 heterocycles. The van der Waals surface area contributed by atoms with Crippen LogP contribution in [0.4, 0.5) is 18.9 Å². The fraction of sp³-hybridized carbons (Fsp3) is 0.190. The zero-order valence-corrected chi connectivity index (χ0v) is 16.7. The Labute approximate surface area is 179 Å². The largest absolute Gasteiger partial charge is 0.416 e. The fourth-order valence-electron chi connectivity index (χ4n) is 3.01. The lowest BCUT2D eigenvalue weighted by atomic mass is 10.1. The molecule has 0 atom stereocenters. The molecule has 0 fully saturated rings. The second kappa shape index (κ2) is 9.00. The molecule has 0 aliphatic rings. The molecule has 1 amide bonds. The van der Waals surface area contributed by atoms with Gasteiger partial charge in [0.1, 0.15) is 5.69 Å². The van der Waals surface area contributed by atoms with Gasteiger partial charge in [0, 0.05) is 24.4 Å². The number of aryl methyl sites for hydroxylation is 1. The first-order valence-corrected chi connectivity index (χ1v) is 9.37. The van der Waals surface area contributed by atoms with Crippen molar-refractivity contribution in [3.8, 4) is 5.69 Å². The first-order chi connectivity index (χ1) is 15.1. The maximum absolute atomic E-state index is 12.6. The van der Waals surface area contributed by atoms with Gasteiger partial charge in [-0.25, -0.2) is 4.68 Å². The van der Waals surface area contributed by atoms with Crippen LogP contribution >= 0.6 is 0 Å². The molecule has 0 aliphatic carbocycles. The van der Waals surface area contributed by atoms with Crippen LogP contribution in [-0.4, -0.2) is 27.2 Å². The van der Waals surface area contributed by atoms with E-state index in [9.17, 15) is 32.9 Å². The average Bonchev–Trinajstić information content (AvgIpc) is 2.73. The van der Waals surface area contributed by atoms with Gasteiger partial charge in [-0.1, -0.05) is 24.3 Å². The Morgan fingerprint density at radius 1 is 1.16 bits per heavy atom. The zero-order chi connectivity index (χ0) is 23.5. The highest BCUT2D eigenvalue weighted by atomic mass is 19.4. The van der Waals surface area contributed by atoms with Crippen LogP contribution in [0.25, 0.3) is 5.69 Å². The molecule has 11 heteroatoms. The summed E-state index contributed by atoms with van der Waals surface area (Å²) < 4.78 is 39.0. The highest BCUT2D eigenvalue weighted by Crippen LogP contribution is 2.29. The molecular weight excluding hydrogens is 429 g/mol.